The highest BCUT2D eigenvalue weighted by Gasteiger charge is 2.11. The van der Waals surface area contributed by atoms with Crippen molar-refractivity contribution in [3.05, 3.63) is 47.8 Å². The molecule has 4 nitrogen and oxygen atoms in total. The molecule has 1 N–H and O–H groups in total. The van der Waals surface area contributed by atoms with E-state index in [4.69, 9.17) is 4.74 Å². The summed E-state index contributed by atoms with van der Waals surface area (Å²) in [5, 5.41) is 7.61. The minimum absolute atomic E-state index is 0.291. The summed E-state index contributed by atoms with van der Waals surface area (Å²) in [7, 11) is 0. The van der Waals surface area contributed by atoms with Gasteiger partial charge in [0.2, 0.25) is 0 Å². The van der Waals surface area contributed by atoms with Gasteiger partial charge in [-0.05, 0) is 32.5 Å². The number of aryl methyl sites for hydroxylation is 1. The van der Waals surface area contributed by atoms with Gasteiger partial charge in [0, 0.05) is 24.0 Å². The molecule has 0 bridgehead atoms. The molecule has 1 aromatic heterocycles. The zero-order valence-electron chi connectivity index (χ0n) is 12.5. The van der Waals surface area contributed by atoms with Crippen LogP contribution in [0.3, 0.4) is 0 Å². The summed E-state index contributed by atoms with van der Waals surface area (Å²) < 4.78 is 7.81. The van der Waals surface area contributed by atoms with Crippen LogP contribution in [0.15, 0.2) is 36.7 Å². The Balaban J connectivity index is 2.02. The van der Waals surface area contributed by atoms with E-state index in [-0.39, 0.29) is 0 Å². The summed E-state index contributed by atoms with van der Waals surface area (Å²) in [6.07, 6.45) is 3.73. The Bertz CT molecular complexity index is 523. The lowest BCUT2D eigenvalue weighted by molar-refractivity contribution is 0.286. The summed E-state index contributed by atoms with van der Waals surface area (Å²) in [6.45, 7) is 8.72. The van der Waals surface area contributed by atoms with Crippen LogP contribution < -0.4 is 10.1 Å². The number of ether oxygens (including phenoxy) is 1. The Morgan fingerprint density at radius 1 is 1.40 bits per heavy atom. The quantitative estimate of drug-likeness (QED) is 0.843. The van der Waals surface area contributed by atoms with Gasteiger partial charge in [-0.25, -0.2) is 0 Å². The summed E-state index contributed by atoms with van der Waals surface area (Å²) in [5.74, 6) is 0.955. The average molecular weight is 273 g/mol. The molecule has 1 heterocycles. The molecule has 0 fully saturated rings. The first-order valence-corrected chi connectivity index (χ1v) is 7.15. The molecule has 0 aliphatic rings. The number of benzene rings is 1. The Kier molecular flexibility index (Phi) is 5.18. The van der Waals surface area contributed by atoms with E-state index < -0.39 is 0 Å². The monoisotopic (exact) mass is 273 g/mol. The van der Waals surface area contributed by atoms with E-state index in [1.165, 1.54) is 11.1 Å². The number of nitrogens with zero attached hydrogens (tertiary/aromatic N) is 2. The van der Waals surface area contributed by atoms with Crippen molar-refractivity contribution in [3.63, 3.8) is 0 Å². The molecule has 1 aromatic carbocycles. The Hall–Kier alpha value is -1.81. The van der Waals surface area contributed by atoms with Gasteiger partial charge in [-0.1, -0.05) is 24.6 Å². The van der Waals surface area contributed by atoms with E-state index in [2.05, 4.69) is 49.4 Å². The van der Waals surface area contributed by atoms with Crippen molar-refractivity contribution in [2.45, 2.75) is 33.4 Å². The van der Waals surface area contributed by atoms with E-state index in [1.807, 2.05) is 16.9 Å². The molecular formula is C16H23N3O. The van der Waals surface area contributed by atoms with E-state index in [0.29, 0.717) is 12.6 Å². The molecule has 0 aliphatic heterocycles. The van der Waals surface area contributed by atoms with Crippen molar-refractivity contribution in [1.82, 2.24) is 15.1 Å². The van der Waals surface area contributed by atoms with Gasteiger partial charge in [0.15, 0.2) is 0 Å². The van der Waals surface area contributed by atoms with Crippen LogP contribution in [0, 0.1) is 6.92 Å². The average Bonchev–Trinajstić information content (AvgIpc) is 2.94. The Labute approximate surface area is 120 Å². The molecule has 2 rings (SSSR count). The van der Waals surface area contributed by atoms with Gasteiger partial charge in [0.25, 0.3) is 0 Å². The van der Waals surface area contributed by atoms with Gasteiger partial charge in [-0.15, -0.1) is 0 Å². The third kappa shape index (κ3) is 3.84. The maximum absolute atomic E-state index is 5.93. The second kappa shape index (κ2) is 7.10. The summed E-state index contributed by atoms with van der Waals surface area (Å²) in [4.78, 5) is 0. The molecule has 0 saturated carbocycles. The van der Waals surface area contributed by atoms with Crippen LogP contribution in [-0.2, 0) is 6.54 Å². The molecule has 0 saturated heterocycles. The van der Waals surface area contributed by atoms with Crippen LogP contribution in [0.1, 0.15) is 31.0 Å². The number of rotatable bonds is 7. The lowest BCUT2D eigenvalue weighted by Gasteiger charge is -2.18. The zero-order valence-corrected chi connectivity index (χ0v) is 12.5. The Morgan fingerprint density at radius 2 is 2.25 bits per heavy atom. The van der Waals surface area contributed by atoms with Gasteiger partial charge in [-0.2, -0.15) is 5.10 Å². The third-order valence-electron chi connectivity index (χ3n) is 3.28. The van der Waals surface area contributed by atoms with Crippen LogP contribution in [0.25, 0.3) is 0 Å². The number of hydrogen-bond donors (Lipinski definition) is 1. The molecule has 2 aromatic rings. The standard InChI is InChI=1S/C16H23N3O/c1-4-17-14(3)15-12-13(2)6-7-16(15)20-11-10-19-9-5-8-18-19/h5-9,12,14,17H,4,10-11H2,1-3H3. The number of aromatic nitrogens is 2. The van der Waals surface area contributed by atoms with Gasteiger partial charge in [0.05, 0.1) is 6.54 Å². The highest BCUT2D eigenvalue weighted by atomic mass is 16.5. The minimum atomic E-state index is 0.291. The largest absolute Gasteiger partial charge is 0.491 e. The summed E-state index contributed by atoms with van der Waals surface area (Å²) in [6, 6.07) is 8.55. The second-order valence-electron chi connectivity index (χ2n) is 4.94. The van der Waals surface area contributed by atoms with Gasteiger partial charge < -0.3 is 10.1 Å². The van der Waals surface area contributed by atoms with Crippen LogP contribution in [0.4, 0.5) is 0 Å². The highest BCUT2D eigenvalue weighted by Crippen LogP contribution is 2.26. The normalized spacial score (nSPS) is 12.3. The number of nitrogens with one attached hydrogen (secondary N) is 1. The van der Waals surface area contributed by atoms with Crippen molar-refractivity contribution in [3.8, 4) is 5.75 Å². The fraction of sp³-hybridized carbons (Fsp3) is 0.438. The smallest absolute Gasteiger partial charge is 0.124 e. The van der Waals surface area contributed by atoms with Crippen molar-refractivity contribution in [2.75, 3.05) is 13.2 Å². The van der Waals surface area contributed by atoms with Crippen LogP contribution in [0.2, 0.25) is 0 Å². The maximum Gasteiger partial charge on any atom is 0.124 e. The molecule has 4 heteroatoms. The fourth-order valence-corrected chi connectivity index (χ4v) is 2.24. The van der Waals surface area contributed by atoms with Crippen molar-refractivity contribution >= 4 is 0 Å². The van der Waals surface area contributed by atoms with Crippen molar-refractivity contribution in [1.29, 1.82) is 0 Å². The van der Waals surface area contributed by atoms with Crippen molar-refractivity contribution < 1.29 is 4.74 Å². The van der Waals surface area contributed by atoms with E-state index in [1.54, 1.807) is 6.20 Å². The van der Waals surface area contributed by atoms with Crippen LogP contribution in [-0.4, -0.2) is 22.9 Å². The minimum Gasteiger partial charge on any atom is -0.491 e. The van der Waals surface area contributed by atoms with Crippen LogP contribution in [0.5, 0.6) is 5.75 Å². The molecule has 1 unspecified atom stereocenters. The predicted molar refractivity (Wildman–Crippen MR) is 81.0 cm³/mol. The zero-order chi connectivity index (χ0) is 14.4. The van der Waals surface area contributed by atoms with E-state index >= 15 is 0 Å². The first kappa shape index (κ1) is 14.6. The molecule has 0 aliphatic carbocycles. The van der Waals surface area contributed by atoms with Gasteiger partial charge >= 0.3 is 0 Å². The van der Waals surface area contributed by atoms with E-state index in [9.17, 15) is 0 Å². The summed E-state index contributed by atoms with van der Waals surface area (Å²) >= 11 is 0. The van der Waals surface area contributed by atoms with Crippen LogP contribution >= 0.6 is 0 Å². The number of hydrogen-bond acceptors (Lipinski definition) is 3. The topological polar surface area (TPSA) is 39.1 Å². The lowest BCUT2D eigenvalue weighted by Crippen LogP contribution is -2.19. The van der Waals surface area contributed by atoms with E-state index in [0.717, 1.165) is 18.8 Å². The highest BCUT2D eigenvalue weighted by molar-refractivity contribution is 5.38. The first-order chi connectivity index (χ1) is 9.70. The molecule has 0 spiro atoms. The predicted octanol–water partition coefficient (Wildman–Crippen LogP) is 2.94. The molecule has 0 radical (unpaired) electrons. The first-order valence-electron chi connectivity index (χ1n) is 7.15. The van der Waals surface area contributed by atoms with Crippen molar-refractivity contribution in [2.24, 2.45) is 0 Å². The summed E-state index contributed by atoms with van der Waals surface area (Å²) in [5.41, 5.74) is 2.47. The van der Waals surface area contributed by atoms with Gasteiger partial charge in [0.1, 0.15) is 12.4 Å². The fourth-order valence-electron chi connectivity index (χ4n) is 2.24. The molecule has 108 valence electrons. The Morgan fingerprint density at radius 3 is 2.95 bits per heavy atom. The second-order valence-corrected chi connectivity index (χ2v) is 4.94. The molecule has 1 atom stereocenters. The SMILES string of the molecule is CCNC(C)c1cc(C)ccc1OCCn1cccn1. The lowest BCUT2D eigenvalue weighted by atomic mass is 10.0. The molecular weight excluding hydrogens is 250 g/mol. The molecule has 20 heavy (non-hydrogen) atoms. The maximum atomic E-state index is 5.93. The third-order valence-corrected chi connectivity index (χ3v) is 3.28. The molecule has 0 amide bonds. The van der Waals surface area contributed by atoms with Gasteiger partial charge in [-0.3, -0.25) is 4.68 Å².